The number of benzene rings is 1. The van der Waals surface area contributed by atoms with Gasteiger partial charge in [0.05, 0.1) is 0 Å². The first-order chi connectivity index (χ1) is 5.61. The summed E-state index contributed by atoms with van der Waals surface area (Å²) in [6.07, 6.45) is 0. The summed E-state index contributed by atoms with van der Waals surface area (Å²) in [7, 11) is -1.71. The zero-order chi connectivity index (χ0) is 9.14. The molecule has 1 aromatic rings. The van der Waals surface area contributed by atoms with Crippen LogP contribution in [0.5, 0.6) is 0 Å². The lowest BCUT2D eigenvalue weighted by Gasteiger charge is -2.02. The molecular weight excluding hydrogens is 191 g/mol. The van der Waals surface area contributed by atoms with Gasteiger partial charge in [0, 0.05) is 0 Å². The van der Waals surface area contributed by atoms with Crippen LogP contribution in [-0.4, -0.2) is 0 Å². The Morgan fingerprint density at radius 1 is 1.25 bits per heavy atom. The maximum absolute atomic E-state index is 10.8. The van der Waals surface area contributed by atoms with Gasteiger partial charge in [0.15, 0.2) is 0 Å². The van der Waals surface area contributed by atoms with Gasteiger partial charge in [0.1, 0.15) is 0 Å². The molecule has 1 nitrogen and oxygen atoms in total. The van der Waals surface area contributed by atoms with Gasteiger partial charge in [0.25, 0.3) is 0 Å². The Morgan fingerprint density at radius 2 is 1.75 bits per heavy atom. The zero-order valence-electron chi connectivity index (χ0n) is 7.12. The molecule has 12 heavy (non-hydrogen) atoms. The Hall–Kier alpha value is -0.390. The molecule has 0 aliphatic carbocycles. The molecule has 0 saturated heterocycles. The summed E-state index contributed by atoms with van der Waals surface area (Å²) in [5.41, 5.74) is 1.24. The van der Waals surface area contributed by atoms with Gasteiger partial charge in [-0.15, -0.1) is 0 Å². The minimum absolute atomic E-state index is 0.507. The number of halogens is 1. The highest BCUT2D eigenvalue weighted by Crippen LogP contribution is 2.25. The average molecular weight is 202 g/mol. The second-order valence-electron chi connectivity index (χ2n) is 2.99. The molecule has 1 unspecified atom stereocenters. The highest BCUT2D eigenvalue weighted by Gasteiger charge is 2.15. The molecule has 1 aromatic carbocycles. The fourth-order valence-electron chi connectivity index (χ4n) is 0.976. The third kappa shape index (κ3) is 2.30. The van der Waals surface area contributed by atoms with E-state index in [1.807, 2.05) is 24.3 Å². The SMILES string of the molecule is CC(C)c1ccc([P+](=O)Cl)cc1. The van der Waals surface area contributed by atoms with Crippen LogP contribution in [-0.2, 0) is 4.57 Å². The Kier molecular flexibility index (Phi) is 3.25. The van der Waals surface area contributed by atoms with Crippen molar-refractivity contribution in [3.63, 3.8) is 0 Å². The lowest BCUT2D eigenvalue weighted by Crippen LogP contribution is -1.95. The number of hydrogen-bond donors (Lipinski definition) is 0. The van der Waals surface area contributed by atoms with Crippen molar-refractivity contribution in [2.75, 3.05) is 0 Å². The number of hydrogen-bond acceptors (Lipinski definition) is 1. The molecule has 0 saturated carbocycles. The second kappa shape index (κ2) is 4.02. The van der Waals surface area contributed by atoms with Gasteiger partial charge in [-0.1, -0.05) is 26.0 Å². The van der Waals surface area contributed by atoms with Gasteiger partial charge in [-0.3, -0.25) is 0 Å². The van der Waals surface area contributed by atoms with E-state index in [0.717, 1.165) is 0 Å². The van der Waals surface area contributed by atoms with E-state index in [1.165, 1.54) is 5.56 Å². The summed E-state index contributed by atoms with van der Waals surface area (Å²) >= 11 is 5.44. The Labute approximate surface area is 78.3 Å². The van der Waals surface area contributed by atoms with Crippen LogP contribution in [0.2, 0.25) is 0 Å². The van der Waals surface area contributed by atoms with Crippen LogP contribution in [0.3, 0.4) is 0 Å². The molecule has 0 aliphatic rings. The molecule has 1 atom stereocenters. The fraction of sp³-hybridized carbons (Fsp3) is 0.333. The third-order valence-corrected chi connectivity index (χ3v) is 3.05. The zero-order valence-corrected chi connectivity index (χ0v) is 8.77. The van der Waals surface area contributed by atoms with Crippen molar-refractivity contribution in [2.45, 2.75) is 19.8 Å². The molecule has 0 heterocycles. The van der Waals surface area contributed by atoms with E-state index in [2.05, 4.69) is 13.8 Å². The monoisotopic (exact) mass is 201 g/mol. The summed E-state index contributed by atoms with van der Waals surface area (Å²) in [4.78, 5) is 0. The van der Waals surface area contributed by atoms with Crippen LogP contribution in [0.1, 0.15) is 25.3 Å². The Morgan fingerprint density at radius 3 is 2.08 bits per heavy atom. The molecular formula is C9H11ClOP+. The maximum atomic E-state index is 10.8. The largest absolute Gasteiger partial charge is 0.494 e. The lowest BCUT2D eigenvalue weighted by atomic mass is 10.0. The molecule has 0 aromatic heterocycles. The summed E-state index contributed by atoms with van der Waals surface area (Å²) in [5.74, 6) is 0.507. The molecule has 0 aliphatic heterocycles. The molecule has 0 N–H and O–H groups in total. The quantitative estimate of drug-likeness (QED) is 0.670. The molecule has 0 amide bonds. The fourth-order valence-corrected chi connectivity index (χ4v) is 1.70. The van der Waals surface area contributed by atoms with Crippen molar-refractivity contribution in [1.29, 1.82) is 0 Å². The van der Waals surface area contributed by atoms with Crippen molar-refractivity contribution in [3.8, 4) is 0 Å². The van der Waals surface area contributed by atoms with Gasteiger partial charge >= 0.3 is 7.15 Å². The first-order valence-electron chi connectivity index (χ1n) is 3.84. The molecule has 0 radical (unpaired) electrons. The predicted octanol–water partition coefficient (Wildman–Crippen LogP) is 3.42. The van der Waals surface area contributed by atoms with Crippen LogP contribution < -0.4 is 5.30 Å². The van der Waals surface area contributed by atoms with Crippen molar-refractivity contribution >= 4 is 23.7 Å². The maximum Gasteiger partial charge on any atom is 0.494 e. The van der Waals surface area contributed by atoms with Crippen molar-refractivity contribution in [1.82, 2.24) is 0 Å². The minimum atomic E-state index is -1.71. The van der Waals surface area contributed by atoms with E-state index >= 15 is 0 Å². The Balaban J connectivity index is 2.93. The predicted molar refractivity (Wildman–Crippen MR) is 53.6 cm³/mol. The number of rotatable bonds is 2. The summed E-state index contributed by atoms with van der Waals surface area (Å²) in [6, 6.07) is 7.58. The first kappa shape index (κ1) is 9.70. The molecule has 0 bridgehead atoms. The molecule has 3 heteroatoms. The molecule has 64 valence electrons. The lowest BCUT2D eigenvalue weighted by molar-refractivity contribution is 0.600. The van der Waals surface area contributed by atoms with Crippen LogP contribution in [0.25, 0.3) is 0 Å². The van der Waals surface area contributed by atoms with Gasteiger partial charge in [0.2, 0.25) is 16.5 Å². The topological polar surface area (TPSA) is 17.1 Å². The van der Waals surface area contributed by atoms with Gasteiger partial charge in [-0.2, -0.15) is 0 Å². The normalized spacial score (nSPS) is 11.8. The van der Waals surface area contributed by atoms with E-state index in [9.17, 15) is 4.57 Å². The molecule has 1 rings (SSSR count). The van der Waals surface area contributed by atoms with Crippen LogP contribution in [0.4, 0.5) is 0 Å². The van der Waals surface area contributed by atoms with Crippen molar-refractivity contribution in [3.05, 3.63) is 29.8 Å². The van der Waals surface area contributed by atoms with Gasteiger partial charge in [-0.25, -0.2) is 0 Å². The standard InChI is InChI=1S/C9H11ClOP/c1-7(2)8-3-5-9(6-4-8)12(10)11/h3-7H,1-2H3/q+1. The Bertz CT molecular complexity index is 279. The van der Waals surface area contributed by atoms with E-state index in [-0.39, 0.29) is 0 Å². The van der Waals surface area contributed by atoms with E-state index in [1.54, 1.807) is 0 Å². The van der Waals surface area contributed by atoms with E-state index < -0.39 is 7.15 Å². The van der Waals surface area contributed by atoms with Gasteiger partial charge in [-0.05, 0) is 28.2 Å². The van der Waals surface area contributed by atoms with Crippen molar-refractivity contribution in [2.24, 2.45) is 0 Å². The summed E-state index contributed by atoms with van der Waals surface area (Å²) in [6.45, 7) is 4.24. The van der Waals surface area contributed by atoms with Crippen LogP contribution in [0, 0.1) is 0 Å². The molecule has 0 fully saturated rings. The van der Waals surface area contributed by atoms with E-state index in [0.29, 0.717) is 11.2 Å². The smallest absolute Gasteiger partial charge is 0.0587 e. The highest BCUT2D eigenvalue weighted by molar-refractivity contribution is 7.80. The molecule has 0 spiro atoms. The summed E-state index contributed by atoms with van der Waals surface area (Å²) < 4.78 is 10.8. The summed E-state index contributed by atoms with van der Waals surface area (Å²) in [5, 5.41) is 0.705. The van der Waals surface area contributed by atoms with Crippen molar-refractivity contribution < 1.29 is 4.57 Å². The first-order valence-corrected chi connectivity index (χ1v) is 6.00. The highest BCUT2D eigenvalue weighted by atomic mass is 35.7. The average Bonchev–Trinajstić information content (AvgIpc) is 2.04. The minimum Gasteiger partial charge on any atom is -0.0587 e. The van der Waals surface area contributed by atoms with Crippen LogP contribution >= 0.6 is 18.4 Å². The van der Waals surface area contributed by atoms with Gasteiger partial charge < -0.3 is 0 Å². The second-order valence-corrected chi connectivity index (χ2v) is 4.92. The van der Waals surface area contributed by atoms with Crippen LogP contribution in [0.15, 0.2) is 24.3 Å². The third-order valence-electron chi connectivity index (χ3n) is 1.76. The van der Waals surface area contributed by atoms with E-state index in [4.69, 9.17) is 11.2 Å².